The summed E-state index contributed by atoms with van der Waals surface area (Å²) in [5.41, 5.74) is 6.64. The lowest BCUT2D eigenvalue weighted by Gasteiger charge is -2.07. The predicted octanol–water partition coefficient (Wildman–Crippen LogP) is 2.30. The van der Waals surface area contributed by atoms with Gasteiger partial charge in [0.25, 0.3) is 0 Å². The van der Waals surface area contributed by atoms with Crippen LogP contribution in [0.4, 0.5) is 0 Å². The summed E-state index contributed by atoms with van der Waals surface area (Å²) in [7, 11) is 1.69. The maximum Gasteiger partial charge on any atom is 0.122 e. The highest BCUT2D eigenvalue weighted by molar-refractivity contribution is 7.80. The number of rotatable bonds is 5. The van der Waals surface area contributed by atoms with E-state index in [1.807, 2.05) is 18.2 Å². The molecule has 3 heteroatoms. The summed E-state index contributed by atoms with van der Waals surface area (Å²) in [6.07, 6.45) is 2.74. The van der Waals surface area contributed by atoms with Crippen molar-refractivity contribution >= 4 is 17.2 Å². The van der Waals surface area contributed by atoms with Gasteiger partial charge in [0.1, 0.15) is 5.75 Å². The van der Waals surface area contributed by atoms with Crippen LogP contribution in [0.25, 0.3) is 0 Å². The minimum absolute atomic E-state index is 0.583. The van der Waals surface area contributed by atoms with E-state index >= 15 is 0 Å². The summed E-state index contributed by atoms with van der Waals surface area (Å²) < 4.78 is 5.24. The van der Waals surface area contributed by atoms with Crippen LogP contribution < -0.4 is 10.5 Å². The highest BCUT2D eigenvalue weighted by Crippen LogP contribution is 2.19. The predicted molar refractivity (Wildman–Crippen MR) is 62.7 cm³/mol. The van der Waals surface area contributed by atoms with Gasteiger partial charge in [0, 0.05) is 0 Å². The molecule has 14 heavy (non-hydrogen) atoms. The Kier molecular flexibility index (Phi) is 4.40. The van der Waals surface area contributed by atoms with E-state index in [1.54, 1.807) is 7.11 Å². The second-order valence-corrected chi connectivity index (χ2v) is 3.66. The van der Waals surface area contributed by atoms with Gasteiger partial charge in [-0.25, -0.2) is 0 Å². The Bertz CT molecular complexity index is 312. The third-order valence-electron chi connectivity index (χ3n) is 2.06. The third kappa shape index (κ3) is 3.34. The second-order valence-electron chi connectivity index (χ2n) is 3.13. The molecule has 0 aliphatic carbocycles. The molecule has 1 rings (SSSR count). The largest absolute Gasteiger partial charge is 0.496 e. The molecule has 2 N–H and O–H groups in total. The molecule has 76 valence electrons. The highest BCUT2D eigenvalue weighted by atomic mass is 32.1. The van der Waals surface area contributed by atoms with Crippen LogP contribution in [-0.2, 0) is 6.42 Å². The van der Waals surface area contributed by atoms with Crippen LogP contribution in [0, 0.1) is 0 Å². The van der Waals surface area contributed by atoms with E-state index in [2.05, 4.69) is 6.07 Å². The number of methoxy groups -OCH3 is 1. The number of hydrogen-bond donors (Lipinski definition) is 1. The number of hydrogen-bond acceptors (Lipinski definition) is 2. The van der Waals surface area contributed by atoms with Gasteiger partial charge in [0.05, 0.1) is 12.1 Å². The molecule has 0 aromatic heterocycles. The monoisotopic (exact) mass is 209 g/mol. The maximum atomic E-state index is 5.43. The minimum Gasteiger partial charge on any atom is -0.496 e. The molecule has 0 saturated heterocycles. The molecule has 1 aromatic carbocycles. The smallest absolute Gasteiger partial charge is 0.122 e. The lowest BCUT2D eigenvalue weighted by molar-refractivity contribution is 0.409. The van der Waals surface area contributed by atoms with Crippen molar-refractivity contribution in [1.29, 1.82) is 0 Å². The van der Waals surface area contributed by atoms with Gasteiger partial charge < -0.3 is 10.5 Å². The van der Waals surface area contributed by atoms with E-state index in [9.17, 15) is 0 Å². The Hall–Kier alpha value is -1.09. The summed E-state index contributed by atoms with van der Waals surface area (Å²) in [4.78, 5) is 0.583. The van der Waals surface area contributed by atoms with Crippen molar-refractivity contribution in [1.82, 2.24) is 0 Å². The molecule has 0 unspecified atom stereocenters. The standard InChI is InChI=1S/C11H15NOS/c1-13-10-7-3-2-5-9(10)6-4-8-11(12)14/h2-3,5,7H,4,6,8H2,1H3,(H2,12,14). The van der Waals surface area contributed by atoms with Gasteiger partial charge in [0.2, 0.25) is 0 Å². The van der Waals surface area contributed by atoms with Crippen LogP contribution in [0.1, 0.15) is 18.4 Å². The molecule has 0 aliphatic heterocycles. The van der Waals surface area contributed by atoms with Crippen molar-refractivity contribution in [2.24, 2.45) is 5.73 Å². The molecular weight excluding hydrogens is 194 g/mol. The Morgan fingerprint density at radius 1 is 1.43 bits per heavy atom. The van der Waals surface area contributed by atoms with Gasteiger partial charge in [-0.2, -0.15) is 0 Å². The van der Waals surface area contributed by atoms with Crippen LogP contribution in [0.3, 0.4) is 0 Å². The molecule has 0 radical (unpaired) electrons. The first kappa shape index (κ1) is 11.0. The van der Waals surface area contributed by atoms with Crippen LogP contribution in [0.2, 0.25) is 0 Å². The quantitative estimate of drug-likeness (QED) is 0.756. The fraction of sp³-hybridized carbons (Fsp3) is 0.364. The van der Waals surface area contributed by atoms with Crippen molar-refractivity contribution in [3.8, 4) is 5.75 Å². The Labute approximate surface area is 90.1 Å². The van der Waals surface area contributed by atoms with Gasteiger partial charge in [-0.15, -0.1) is 0 Å². The Morgan fingerprint density at radius 3 is 2.79 bits per heavy atom. The van der Waals surface area contributed by atoms with Crippen molar-refractivity contribution in [2.45, 2.75) is 19.3 Å². The van der Waals surface area contributed by atoms with E-state index in [-0.39, 0.29) is 0 Å². The zero-order chi connectivity index (χ0) is 10.4. The van der Waals surface area contributed by atoms with Crippen LogP contribution in [-0.4, -0.2) is 12.1 Å². The van der Waals surface area contributed by atoms with Crippen molar-refractivity contribution in [3.05, 3.63) is 29.8 Å². The molecule has 0 atom stereocenters. The van der Waals surface area contributed by atoms with Crippen LogP contribution in [0.15, 0.2) is 24.3 Å². The van der Waals surface area contributed by atoms with E-state index in [0.717, 1.165) is 25.0 Å². The number of para-hydroxylation sites is 1. The summed E-state index contributed by atoms with van der Waals surface area (Å²) in [5, 5.41) is 0. The first-order chi connectivity index (χ1) is 6.74. The number of ether oxygens (including phenoxy) is 1. The lowest BCUT2D eigenvalue weighted by atomic mass is 10.1. The first-order valence-electron chi connectivity index (χ1n) is 4.64. The van der Waals surface area contributed by atoms with Crippen LogP contribution >= 0.6 is 12.2 Å². The summed E-state index contributed by atoms with van der Waals surface area (Å²) in [6, 6.07) is 8.02. The van der Waals surface area contributed by atoms with Crippen molar-refractivity contribution < 1.29 is 4.74 Å². The third-order valence-corrected chi connectivity index (χ3v) is 2.27. The number of benzene rings is 1. The van der Waals surface area contributed by atoms with Crippen molar-refractivity contribution in [2.75, 3.05) is 7.11 Å². The Morgan fingerprint density at radius 2 is 2.14 bits per heavy atom. The van der Waals surface area contributed by atoms with Gasteiger partial charge in [-0.1, -0.05) is 30.4 Å². The van der Waals surface area contributed by atoms with Gasteiger partial charge in [-0.3, -0.25) is 0 Å². The Balaban J connectivity index is 2.53. The summed E-state index contributed by atoms with van der Waals surface area (Å²) in [5.74, 6) is 0.940. The summed E-state index contributed by atoms with van der Waals surface area (Å²) in [6.45, 7) is 0. The zero-order valence-electron chi connectivity index (χ0n) is 8.32. The van der Waals surface area contributed by atoms with Crippen LogP contribution in [0.5, 0.6) is 5.75 Å². The normalized spacial score (nSPS) is 9.79. The molecule has 0 saturated carbocycles. The molecule has 0 heterocycles. The van der Waals surface area contributed by atoms with E-state index in [0.29, 0.717) is 4.99 Å². The maximum absolute atomic E-state index is 5.43. The van der Waals surface area contributed by atoms with Gasteiger partial charge >= 0.3 is 0 Å². The molecule has 0 spiro atoms. The average Bonchev–Trinajstić information content (AvgIpc) is 2.18. The van der Waals surface area contributed by atoms with E-state index in [4.69, 9.17) is 22.7 Å². The molecule has 0 fully saturated rings. The molecule has 0 amide bonds. The number of nitrogens with two attached hydrogens (primary N) is 1. The minimum atomic E-state index is 0.583. The topological polar surface area (TPSA) is 35.2 Å². The fourth-order valence-corrected chi connectivity index (χ4v) is 1.51. The average molecular weight is 209 g/mol. The number of aryl methyl sites for hydroxylation is 1. The molecule has 1 aromatic rings. The van der Waals surface area contributed by atoms with Gasteiger partial charge in [-0.05, 0) is 30.9 Å². The lowest BCUT2D eigenvalue weighted by Crippen LogP contribution is -2.07. The molecule has 0 aliphatic rings. The van der Waals surface area contributed by atoms with Crippen molar-refractivity contribution in [3.63, 3.8) is 0 Å². The molecule has 2 nitrogen and oxygen atoms in total. The molecular formula is C11H15NOS. The summed E-state index contributed by atoms with van der Waals surface area (Å²) >= 11 is 4.82. The number of thiocarbonyl (C=S) groups is 1. The highest BCUT2D eigenvalue weighted by Gasteiger charge is 2.00. The SMILES string of the molecule is COc1ccccc1CCCC(N)=S. The van der Waals surface area contributed by atoms with E-state index in [1.165, 1.54) is 5.56 Å². The molecule has 0 bridgehead atoms. The van der Waals surface area contributed by atoms with Gasteiger partial charge in [0.15, 0.2) is 0 Å². The van der Waals surface area contributed by atoms with E-state index < -0.39 is 0 Å². The zero-order valence-corrected chi connectivity index (χ0v) is 9.14. The first-order valence-corrected chi connectivity index (χ1v) is 5.05. The fourth-order valence-electron chi connectivity index (χ4n) is 1.36. The second kappa shape index (κ2) is 5.60.